The van der Waals surface area contributed by atoms with Crippen molar-refractivity contribution in [3.63, 3.8) is 0 Å². The van der Waals surface area contributed by atoms with Crippen LogP contribution in [-0.2, 0) is 4.79 Å². The van der Waals surface area contributed by atoms with E-state index in [1.54, 1.807) is 6.21 Å². The molecule has 1 atom stereocenters. The predicted octanol–water partition coefficient (Wildman–Crippen LogP) is 3.96. The summed E-state index contributed by atoms with van der Waals surface area (Å²) in [6.45, 7) is 0. The highest BCUT2D eigenvalue weighted by atomic mass is 16.5. The van der Waals surface area contributed by atoms with E-state index in [9.17, 15) is 4.79 Å². The van der Waals surface area contributed by atoms with Crippen LogP contribution in [0.1, 0.15) is 17.2 Å². The van der Waals surface area contributed by atoms with Crippen molar-refractivity contribution in [3.05, 3.63) is 102 Å². The van der Waals surface area contributed by atoms with Gasteiger partial charge >= 0.3 is 0 Å². The van der Waals surface area contributed by atoms with Gasteiger partial charge in [0.25, 0.3) is 5.91 Å². The number of hydrogen-bond acceptors (Lipinski definition) is 3. The monoisotopic (exact) mass is 330 g/mol. The number of rotatable bonds is 6. The minimum atomic E-state index is -0.781. The number of para-hydroxylation sites is 1. The molecule has 0 radical (unpaired) electrons. The second-order valence-electron chi connectivity index (χ2n) is 5.37. The van der Waals surface area contributed by atoms with Gasteiger partial charge in [0, 0.05) is 5.56 Å². The molecule has 0 aliphatic rings. The number of carbonyl (C=O) groups excluding carboxylic acids is 1. The molecule has 1 amide bonds. The van der Waals surface area contributed by atoms with Crippen LogP contribution in [-0.4, -0.2) is 12.1 Å². The van der Waals surface area contributed by atoms with E-state index in [0.29, 0.717) is 5.75 Å². The topological polar surface area (TPSA) is 50.7 Å². The first-order valence-corrected chi connectivity index (χ1v) is 7.97. The number of amides is 1. The Bertz CT molecular complexity index is 818. The summed E-state index contributed by atoms with van der Waals surface area (Å²) < 4.78 is 5.88. The van der Waals surface area contributed by atoms with E-state index in [1.165, 1.54) is 0 Å². The van der Waals surface area contributed by atoms with Gasteiger partial charge in [-0.1, -0.05) is 78.9 Å². The molecule has 3 rings (SSSR count). The van der Waals surface area contributed by atoms with E-state index in [0.717, 1.165) is 11.1 Å². The Labute approximate surface area is 146 Å². The first-order valence-electron chi connectivity index (χ1n) is 7.97. The minimum Gasteiger partial charge on any atom is -0.476 e. The van der Waals surface area contributed by atoms with E-state index in [-0.39, 0.29) is 5.91 Å². The van der Waals surface area contributed by atoms with Crippen LogP contribution in [0.3, 0.4) is 0 Å². The molecule has 0 aliphatic carbocycles. The normalized spacial score (nSPS) is 11.8. The Balaban J connectivity index is 1.74. The van der Waals surface area contributed by atoms with Crippen LogP contribution < -0.4 is 10.2 Å². The zero-order valence-corrected chi connectivity index (χ0v) is 13.6. The van der Waals surface area contributed by atoms with Gasteiger partial charge in [0.15, 0.2) is 0 Å². The van der Waals surface area contributed by atoms with Gasteiger partial charge in [-0.25, -0.2) is 5.43 Å². The lowest BCUT2D eigenvalue weighted by atomic mass is 10.1. The average Bonchev–Trinajstić information content (AvgIpc) is 2.68. The summed E-state index contributed by atoms with van der Waals surface area (Å²) in [6.07, 6.45) is 0.819. The smallest absolute Gasteiger partial charge is 0.285 e. The van der Waals surface area contributed by atoms with E-state index >= 15 is 0 Å². The highest BCUT2D eigenvalue weighted by Crippen LogP contribution is 2.21. The summed E-state index contributed by atoms with van der Waals surface area (Å²) in [5, 5.41) is 4.03. The maximum absolute atomic E-state index is 12.6. The molecule has 25 heavy (non-hydrogen) atoms. The molecule has 0 spiro atoms. The van der Waals surface area contributed by atoms with Crippen molar-refractivity contribution in [1.82, 2.24) is 5.43 Å². The molecule has 1 N–H and O–H groups in total. The zero-order valence-electron chi connectivity index (χ0n) is 13.6. The number of carbonyl (C=O) groups is 1. The lowest BCUT2D eigenvalue weighted by Gasteiger charge is -2.17. The lowest BCUT2D eigenvalue weighted by Crippen LogP contribution is -2.29. The fourth-order valence-electron chi connectivity index (χ4n) is 2.30. The largest absolute Gasteiger partial charge is 0.476 e. The SMILES string of the molecule is O=C(NN=Cc1ccccc1)[C@H](Oc1ccccc1)c1ccccc1. The quantitative estimate of drug-likeness (QED) is 0.549. The van der Waals surface area contributed by atoms with Crippen molar-refractivity contribution in [3.8, 4) is 5.75 Å². The first kappa shape index (κ1) is 16.5. The molecule has 0 aliphatic heterocycles. The summed E-state index contributed by atoms with van der Waals surface area (Å²) in [5.41, 5.74) is 4.22. The Morgan fingerprint density at radius 1 is 0.840 bits per heavy atom. The van der Waals surface area contributed by atoms with Gasteiger partial charge in [-0.3, -0.25) is 4.79 Å². The van der Waals surface area contributed by atoms with Gasteiger partial charge in [0.2, 0.25) is 6.10 Å². The summed E-state index contributed by atoms with van der Waals surface area (Å²) in [7, 11) is 0. The second-order valence-corrected chi connectivity index (χ2v) is 5.37. The zero-order chi connectivity index (χ0) is 17.3. The number of nitrogens with one attached hydrogen (secondary N) is 1. The second kappa shape index (κ2) is 8.45. The summed E-state index contributed by atoms with van der Waals surface area (Å²) in [5.74, 6) is 0.292. The van der Waals surface area contributed by atoms with Gasteiger partial charge in [0.05, 0.1) is 6.21 Å². The number of hydrazone groups is 1. The van der Waals surface area contributed by atoms with Crippen molar-refractivity contribution in [2.24, 2.45) is 5.10 Å². The first-order chi connectivity index (χ1) is 12.3. The Morgan fingerprint density at radius 3 is 2.04 bits per heavy atom. The molecule has 0 saturated carbocycles. The predicted molar refractivity (Wildman–Crippen MR) is 98.4 cm³/mol. The van der Waals surface area contributed by atoms with Gasteiger partial charge < -0.3 is 4.74 Å². The molecule has 4 heteroatoms. The summed E-state index contributed by atoms with van der Waals surface area (Å²) in [4.78, 5) is 12.6. The molecular formula is C21H18N2O2. The van der Waals surface area contributed by atoms with Crippen LogP contribution in [0.15, 0.2) is 96.1 Å². The maximum Gasteiger partial charge on any atom is 0.285 e. The Morgan fingerprint density at radius 2 is 1.40 bits per heavy atom. The molecular weight excluding hydrogens is 312 g/mol. The molecule has 4 nitrogen and oxygen atoms in total. The molecule has 124 valence electrons. The van der Waals surface area contributed by atoms with E-state index in [1.807, 2.05) is 91.0 Å². The third-order valence-electron chi connectivity index (χ3n) is 3.53. The third kappa shape index (κ3) is 4.78. The van der Waals surface area contributed by atoms with Gasteiger partial charge in [-0.2, -0.15) is 5.10 Å². The van der Waals surface area contributed by atoms with Crippen molar-refractivity contribution < 1.29 is 9.53 Å². The van der Waals surface area contributed by atoms with Gasteiger partial charge in [0.1, 0.15) is 5.75 Å². The van der Waals surface area contributed by atoms with Crippen LogP contribution in [0, 0.1) is 0 Å². The fourth-order valence-corrected chi connectivity index (χ4v) is 2.30. The molecule has 0 heterocycles. The molecule has 0 aromatic heterocycles. The van der Waals surface area contributed by atoms with Crippen LogP contribution >= 0.6 is 0 Å². The molecule has 0 unspecified atom stereocenters. The Hall–Kier alpha value is -3.40. The minimum absolute atomic E-state index is 0.331. The van der Waals surface area contributed by atoms with Crippen LogP contribution in [0.2, 0.25) is 0 Å². The lowest BCUT2D eigenvalue weighted by molar-refractivity contribution is -0.128. The standard InChI is InChI=1S/C21H18N2O2/c24-21(23-22-16-17-10-4-1-5-11-17)20(18-12-6-2-7-13-18)25-19-14-8-3-9-15-19/h1-16,20H,(H,23,24)/t20-/m1/s1. The molecule has 0 bridgehead atoms. The molecule has 3 aromatic carbocycles. The average molecular weight is 330 g/mol. The van der Waals surface area contributed by atoms with E-state index in [2.05, 4.69) is 10.5 Å². The number of hydrogen-bond donors (Lipinski definition) is 1. The highest BCUT2D eigenvalue weighted by molar-refractivity contribution is 5.85. The van der Waals surface area contributed by atoms with Crippen molar-refractivity contribution in [1.29, 1.82) is 0 Å². The number of ether oxygens (including phenoxy) is 1. The maximum atomic E-state index is 12.6. The number of nitrogens with zero attached hydrogens (tertiary/aromatic N) is 1. The highest BCUT2D eigenvalue weighted by Gasteiger charge is 2.22. The summed E-state index contributed by atoms with van der Waals surface area (Å²) >= 11 is 0. The molecule has 0 saturated heterocycles. The van der Waals surface area contributed by atoms with Crippen molar-refractivity contribution >= 4 is 12.1 Å². The van der Waals surface area contributed by atoms with Crippen molar-refractivity contribution in [2.45, 2.75) is 6.10 Å². The van der Waals surface area contributed by atoms with Crippen LogP contribution in [0.4, 0.5) is 0 Å². The van der Waals surface area contributed by atoms with Gasteiger partial charge in [-0.15, -0.1) is 0 Å². The number of benzene rings is 3. The van der Waals surface area contributed by atoms with Crippen molar-refractivity contribution in [2.75, 3.05) is 0 Å². The molecule has 3 aromatic rings. The van der Waals surface area contributed by atoms with Crippen LogP contribution in [0.5, 0.6) is 5.75 Å². The van der Waals surface area contributed by atoms with E-state index < -0.39 is 6.10 Å². The third-order valence-corrected chi connectivity index (χ3v) is 3.53. The molecule has 0 fully saturated rings. The van der Waals surface area contributed by atoms with Gasteiger partial charge in [-0.05, 0) is 17.7 Å². The Kier molecular flexibility index (Phi) is 5.56. The van der Waals surface area contributed by atoms with E-state index in [4.69, 9.17) is 4.74 Å². The van der Waals surface area contributed by atoms with Crippen LogP contribution in [0.25, 0.3) is 0 Å². The summed E-state index contributed by atoms with van der Waals surface area (Å²) in [6, 6.07) is 28.2. The fraction of sp³-hybridized carbons (Fsp3) is 0.0476.